The average molecular weight is 668 g/mol. The molecule has 246 valence electrons. The third kappa shape index (κ3) is 4.89. The minimum absolute atomic E-state index is 0.636. The van der Waals surface area contributed by atoms with Crippen LogP contribution in [0.4, 0.5) is 0 Å². The number of aryl methyl sites for hydroxylation is 2. The normalized spacial score (nSPS) is 11.7. The lowest BCUT2D eigenvalue weighted by atomic mass is 10.1. The van der Waals surface area contributed by atoms with Crippen molar-refractivity contribution < 1.29 is 0 Å². The molecule has 7 aromatic carbocycles. The number of rotatable bonds is 5. The molecule has 0 fully saturated rings. The van der Waals surface area contributed by atoms with Gasteiger partial charge in [-0.15, -0.1) is 0 Å². The molecule has 5 heteroatoms. The Labute approximate surface area is 301 Å². The van der Waals surface area contributed by atoms with Gasteiger partial charge in [-0.1, -0.05) is 126 Å². The van der Waals surface area contributed by atoms with Crippen molar-refractivity contribution in [2.45, 2.75) is 13.8 Å². The average Bonchev–Trinajstić information content (AvgIpc) is 3.71. The van der Waals surface area contributed by atoms with E-state index in [-0.39, 0.29) is 0 Å². The Bertz CT molecular complexity index is 2850. The number of para-hydroxylation sites is 3. The fourth-order valence-electron chi connectivity index (χ4n) is 7.53. The van der Waals surface area contributed by atoms with Crippen molar-refractivity contribution in [1.29, 1.82) is 0 Å². The molecule has 0 saturated carbocycles. The van der Waals surface area contributed by atoms with Crippen molar-refractivity contribution in [2.24, 2.45) is 0 Å². The van der Waals surface area contributed by atoms with Crippen molar-refractivity contribution >= 4 is 43.6 Å². The van der Waals surface area contributed by atoms with E-state index >= 15 is 0 Å². The van der Waals surface area contributed by atoms with Gasteiger partial charge in [0.1, 0.15) is 0 Å². The van der Waals surface area contributed by atoms with Crippen molar-refractivity contribution in [3.05, 3.63) is 175 Å². The summed E-state index contributed by atoms with van der Waals surface area (Å²) < 4.78 is 4.74. The summed E-state index contributed by atoms with van der Waals surface area (Å²) in [6, 6.07) is 58.1. The van der Waals surface area contributed by atoms with Gasteiger partial charge in [-0.05, 0) is 62.4 Å². The Morgan fingerprint density at radius 2 is 0.750 bits per heavy atom. The van der Waals surface area contributed by atoms with Crippen molar-refractivity contribution in [2.75, 3.05) is 0 Å². The Kier molecular flexibility index (Phi) is 6.86. The number of hydrogen-bond donors (Lipinski definition) is 0. The second-order valence-corrected chi connectivity index (χ2v) is 13.5. The van der Waals surface area contributed by atoms with Gasteiger partial charge in [0.2, 0.25) is 0 Å². The molecule has 0 bridgehead atoms. The summed E-state index contributed by atoms with van der Waals surface area (Å²) in [6.07, 6.45) is 0. The predicted molar refractivity (Wildman–Crippen MR) is 214 cm³/mol. The molecule has 0 aliphatic rings. The molecule has 5 nitrogen and oxygen atoms in total. The number of benzene rings is 7. The molecule has 3 aromatic heterocycles. The molecular weight excluding hydrogens is 635 g/mol. The Morgan fingerprint density at radius 1 is 0.327 bits per heavy atom. The SMILES string of the molecule is Cc1ccc(-c2nc(-c3ccc(C)cc3)nc(-c3cccc(-n4c5ccccc5c5cc(-n6c7ccccc7c7ccccc76)ccc54)c3)n2)cc1. The molecule has 0 unspecified atom stereocenters. The molecule has 52 heavy (non-hydrogen) atoms. The molecule has 0 N–H and O–H groups in total. The van der Waals surface area contributed by atoms with Crippen LogP contribution in [0.25, 0.3) is 89.2 Å². The Morgan fingerprint density at radius 3 is 1.27 bits per heavy atom. The van der Waals surface area contributed by atoms with Crippen LogP contribution in [0.3, 0.4) is 0 Å². The second-order valence-electron chi connectivity index (χ2n) is 13.5. The summed E-state index contributed by atoms with van der Waals surface area (Å²) >= 11 is 0. The van der Waals surface area contributed by atoms with Gasteiger partial charge in [0.05, 0.1) is 22.1 Å². The fraction of sp³-hybridized carbons (Fsp3) is 0.0426. The molecule has 0 aliphatic carbocycles. The maximum atomic E-state index is 5.05. The largest absolute Gasteiger partial charge is 0.309 e. The van der Waals surface area contributed by atoms with Crippen LogP contribution in [0.2, 0.25) is 0 Å². The quantitative estimate of drug-likeness (QED) is 0.184. The van der Waals surface area contributed by atoms with Crippen LogP contribution < -0.4 is 0 Å². The zero-order chi connectivity index (χ0) is 34.8. The predicted octanol–water partition coefficient (Wildman–Crippen LogP) is 11.7. The summed E-state index contributed by atoms with van der Waals surface area (Å²) in [5.41, 5.74) is 12.1. The third-order valence-electron chi connectivity index (χ3n) is 10.1. The van der Waals surface area contributed by atoms with Crippen LogP contribution in [0, 0.1) is 13.8 Å². The van der Waals surface area contributed by atoms with Gasteiger partial charge in [-0.2, -0.15) is 0 Å². The van der Waals surface area contributed by atoms with E-state index < -0.39 is 0 Å². The third-order valence-corrected chi connectivity index (χ3v) is 10.1. The molecule has 0 spiro atoms. The Hall–Kier alpha value is -6.85. The minimum Gasteiger partial charge on any atom is -0.309 e. The molecular formula is C47H33N5. The number of aromatic nitrogens is 5. The van der Waals surface area contributed by atoms with Gasteiger partial charge in [0.15, 0.2) is 17.5 Å². The van der Waals surface area contributed by atoms with E-state index in [2.05, 4.69) is 187 Å². The summed E-state index contributed by atoms with van der Waals surface area (Å²) in [6.45, 7) is 4.18. The van der Waals surface area contributed by atoms with Gasteiger partial charge in [-0.3, -0.25) is 0 Å². The van der Waals surface area contributed by atoms with Crippen LogP contribution in [-0.4, -0.2) is 24.1 Å². The van der Waals surface area contributed by atoms with Crippen molar-refractivity contribution in [3.8, 4) is 45.5 Å². The molecule has 10 aromatic rings. The molecule has 0 saturated heterocycles. The first kappa shape index (κ1) is 30.0. The van der Waals surface area contributed by atoms with Crippen LogP contribution >= 0.6 is 0 Å². The van der Waals surface area contributed by atoms with E-state index in [1.807, 2.05) is 0 Å². The van der Waals surface area contributed by atoms with Crippen LogP contribution in [0.1, 0.15) is 11.1 Å². The van der Waals surface area contributed by atoms with E-state index in [9.17, 15) is 0 Å². The second kappa shape index (κ2) is 11.9. The van der Waals surface area contributed by atoms with Crippen molar-refractivity contribution in [1.82, 2.24) is 24.1 Å². The number of hydrogen-bond acceptors (Lipinski definition) is 3. The van der Waals surface area contributed by atoms with Gasteiger partial charge in [0.25, 0.3) is 0 Å². The first-order chi connectivity index (χ1) is 25.6. The zero-order valence-electron chi connectivity index (χ0n) is 28.8. The number of nitrogens with zero attached hydrogens (tertiary/aromatic N) is 5. The maximum absolute atomic E-state index is 5.05. The van der Waals surface area contributed by atoms with E-state index in [4.69, 9.17) is 15.0 Å². The Balaban J connectivity index is 1.15. The van der Waals surface area contributed by atoms with Crippen LogP contribution in [0.15, 0.2) is 164 Å². The number of fused-ring (bicyclic) bond motifs is 6. The lowest BCUT2D eigenvalue weighted by Gasteiger charge is -2.12. The smallest absolute Gasteiger partial charge is 0.164 e. The lowest BCUT2D eigenvalue weighted by Crippen LogP contribution is -2.01. The molecule has 0 aliphatic heterocycles. The highest BCUT2D eigenvalue weighted by Crippen LogP contribution is 2.37. The molecule has 3 heterocycles. The highest BCUT2D eigenvalue weighted by molar-refractivity contribution is 6.12. The highest BCUT2D eigenvalue weighted by atomic mass is 15.0. The van der Waals surface area contributed by atoms with Gasteiger partial charge >= 0.3 is 0 Å². The minimum atomic E-state index is 0.636. The fourth-order valence-corrected chi connectivity index (χ4v) is 7.53. The van der Waals surface area contributed by atoms with E-state index in [0.717, 1.165) is 39.1 Å². The standard InChI is InChI=1S/C47H33N5/c1-30-18-22-32(23-19-30)45-48-46(33-24-20-31(2)21-25-33)50-47(49-45)34-10-9-11-35(28-34)51-43-17-8-5-14-39(43)40-29-36(26-27-44(40)51)52-41-15-6-3-12-37(41)38-13-4-7-16-42(38)52/h3-29H,1-2H3. The van der Waals surface area contributed by atoms with E-state index in [0.29, 0.717) is 17.5 Å². The van der Waals surface area contributed by atoms with Crippen molar-refractivity contribution in [3.63, 3.8) is 0 Å². The molecule has 0 atom stereocenters. The molecule has 0 amide bonds. The lowest BCUT2D eigenvalue weighted by molar-refractivity contribution is 1.07. The summed E-state index contributed by atoms with van der Waals surface area (Å²) in [4.78, 5) is 15.0. The van der Waals surface area contributed by atoms with Crippen LogP contribution in [0.5, 0.6) is 0 Å². The monoisotopic (exact) mass is 667 g/mol. The molecule has 0 radical (unpaired) electrons. The summed E-state index contributed by atoms with van der Waals surface area (Å²) in [5.74, 6) is 1.94. The summed E-state index contributed by atoms with van der Waals surface area (Å²) in [5, 5.41) is 4.91. The van der Waals surface area contributed by atoms with Crippen LogP contribution in [-0.2, 0) is 0 Å². The zero-order valence-corrected chi connectivity index (χ0v) is 28.8. The highest BCUT2D eigenvalue weighted by Gasteiger charge is 2.18. The topological polar surface area (TPSA) is 48.5 Å². The maximum Gasteiger partial charge on any atom is 0.164 e. The van der Waals surface area contributed by atoms with E-state index in [1.165, 1.54) is 43.7 Å². The summed E-state index contributed by atoms with van der Waals surface area (Å²) in [7, 11) is 0. The van der Waals surface area contributed by atoms with Gasteiger partial charge in [-0.25, -0.2) is 15.0 Å². The van der Waals surface area contributed by atoms with Gasteiger partial charge in [0, 0.05) is 49.6 Å². The van der Waals surface area contributed by atoms with E-state index in [1.54, 1.807) is 0 Å². The first-order valence-corrected chi connectivity index (χ1v) is 17.6. The molecule has 10 rings (SSSR count). The first-order valence-electron chi connectivity index (χ1n) is 17.6. The van der Waals surface area contributed by atoms with Gasteiger partial charge < -0.3 is 9.13 Å².